The van der Waals surface area contributed by atoms with E-state index in [1.165, 1.54) is 16.8 Å². The maximum atomic E-state index is 12.4. The van der Waals surface area contributed by atoms with E-state index in [0.717, 1.165) is 0 Å². The van der Waals surface area contributed by atoms with Crippen LogP contribution in [0.25, 0.3) is 0 Å². The molecule has 2 N–H and O–H groups in total. The number of ether oxygens (including phenoxy) is 1. The van der Waals surface area contributed by atoms with Crippen LogP contribution in [0.5, 0.6) is 5.75 Å². The molecular weight excluding hydrogens is 302 g/mol. The van der Waals surface area contributed by atoms with Crippen LogP contribution in [-0.2, 0) is 12.1 Å². The maximum Gasteiger partial charge on any atom is 0.387 e. The number of nitrogens with zero attached hydrogens (tertiary/aromatic N) is 3. The Morgan fingerprint density at radius 2 is 2.14 bits per heavy atom. The second-order valence-corrected chi connectivity index (χ2v) is 5.59. The molecule has 0 aliphatic carbocycles. The first-order valence-electron chi connectivity index (χ1n) is 6.18. The quantitative estimate of drug-likeness (QED) is 0.921. The predicted molar refractivity (Wildman–Crippen MR) is 74.4 cm³/mol. The summed E-state index contributed by atoms with van der Waals surface area (Å²) in [4.78, 5) is 0. The van der Waals surface area contributed by atoms with Gasteiger partial charge < -0.3 is 10.5 Å². The molecular formula is C13H15ClF2N4O. The lowest BCUT2D eigenvalue weighted by Gasteiger charge is -2.13. The van der Waals surface area contributed by atoms with Crippen molar-refractivity contribution in [3.8, 4) is 5.75 Å². The topological polar surface area (TPSA) is 66.0 Å². The minimum absolute atomic E-state index is 0.0541. The Balaban J connectivity index is 2.26. The van der Waals surface area contributed by atoms with E-state index in [9.17, 15) is 8.78 Å². The molecule has 0 atom stereocenters. The highest BCUT2D eigenvalue weighted by Crippen LogP contribution is 2.25. The third-order valence-electron chi connectivity index (χ3n) is 2.77. The summed E-state index contributed by atoms with van der Waals surface area (Å²) in [6.45, 7) is 0.892. The monoisotopic (exact) mass is 316 g/mol. The van der Waals surface area contributed by atoms with Crippen LogP contribution in [0.15, 0.2) is 24.4 Å². The fraction of sp³-hybridized carbons (Fsp3) is 0.385. The number of aromatic nitrogens is 3. The first-order valence-corrected chi connectivity index (χ1v) is 6.56. The fourth-order valence-corrected chi connectivity index (χ4v) is 1.92. The lowest BCUT2D eigenvalue weighted by atomic mass is 10.0. The van der Waals surface area contributed by atoms with Crippen molar-refractivity contribution in [3.05, 3.63) is 40.7 Å². The van der Waals surface area contributed by atoms with Crippen molar-refractivity contribution in [2.45, 2.75) is 32.5 Å². The van der Waals surface area contributed by atoms with Gasteiger partial charge in [0.05, 0.1) is 18.3 Å². The highest BCUT2D eigenvalue weighted by atomic mass is 35.5. The second kappa shape index (κ2) is 5.95. The van der Waals surface area contributed by atoms with Crippen LogP contribution >= 0.6 is 11.6 Å². The summed E-state index contributed by atoms with van der Waals surface area (Å²) in [5.41, 5.74) is 6.37. The van der Waals surface area contributed by atoms with Crippen LogP contribution in [0.2, 0.25) is 5.02 Å². The van der Waals surface area contributed by atoms with Crippen LogP contribution in [0, 0.1) is 0 Å². The molecule has 8 heteroatoms. The molecule has 2 rings (SSSR count). The Morgan fingerprint density at radius 3 is 2.71 bits per heavy atom. The molecule has 1 aromatic heterocycles. The molecule has 0 aliphatic heterocycles. The van der Waals surface area contributed by atoms with Crippen LogP contribution in [-0.4, -0.2) is 21.6 Å². The van der Waals surface area contributed by atoms with Gasteiger partial charge in [-0.25, -0.2) is 4.68 Å². The smallest absolute Gasteiger partial charge is 0.387 e. The Hall–Kier alpha value is -1.73. The van der Waals surface area contributed by atoms with E-state index >= 15 is 0 Å². The molecule has 0 bridgehead atoms. The third kappa shape index (κ3) is 4.12. The average Bonchev–Trinajstić information content (AvgIpc) is 2.80. The molecule has 0 radical (unpaired) electrons. The minimum atomic E-state index is -2.90. The van der Waals surface area contributed by atoms with E-state index in [-0.39, 0.29) is 12.3 Å². The lowest BCUT2D eigenvalue weighted by Crippen LogP contribution is -2.29. The number of hydrogen-bond donors (Lipinski definition) is 1. The molecule has 2 aromatic rings. The Kier molecular flexibility index (Phi) is 4.43. The summed E-state index contributed by atoms with van der Waals surface area (Å²) in [5, 5.41) is 8.31. The molecule has 21 heavy (non-hydrogen) atoms. The van der Waals surface area contributed by atoms with Crippen molar-refractivity contribution >= 4 is 11.6 Å². The molecule has 0 unspecified atom stereocenters. The van der Waals surface area contributed by atoms with Gasteiger partial charge in [0.25, 0.3) is 0 Å². The summed E-state index contributed by atoms with van der Waals surface area (Å²) in [7, 11) is 0. The van der Waals surface area contributed by atoms with Gasteiger partial charge in [0.15, 0.2) is 0 Å². The van der Waals surface area contributed by atoms with Gasteiger partial charge in [-0.3, -0.25) is 0 Å². The Labute approximate surface area is 125 Å². The lowest BCUT2D eigenvalue weighted by molar-refractivity contribution is -0.0505. The molecule has 0 saturated heterocycles. The number of nitrogens with two attached hydrogens (primary N) is 1. The molecule has 114 valence electrons. The molecule has 5 nitrogen and oxygen atoms in total. The van der Waals surface area contributed by atoms with Crippen molar-refractivity contribution in [1.29, 1.82) is 0 Å². The van der Waals surface area contributed by atoms with Crippen molar-refractivity contribution in [3.63, 3.8) is 0 Å². The zero-order chi connectivity index (χ0) is 15.6. The van der Waals surface area contributed by atoms with Crippen molar-refractivity contribution in [1.82, 2.24) is 15.0 Å². The number of benzene rings is 1. The van der Waals surface area contributed by atoms with Gasteiger partial charge in [-0.05, 0) is 32.0 Å². The Bertz CT molecular complexity index is 625. The predicted octanol–water partition coefficient (Wildman–Crippen LogP) is 2.78. The largest absolute Gasteiger partial charge is 0.434 e. The van der Waals surface area contributed by atoms with E-state index < -0.39 is 12.2 Å². The number of hydrogen-bond acceptors (Lipinski definition) is 4. The fourth-order valence-electron chi connectivity index (χ4n) is 1.73. The van der Waals surface area contributed by atoms with Crippen LogP contribution < -0.4 is 10.5 Å². The van der Waals surface area contributed by atoms with Crippen LogP contribution in [0.4, 0.5) is 8.78 Å². The zero-order valence-electron chi connectivity index (χ0n) is 11.6. The number of rotatable bonds is 5. The van der Waals surface area contributed by atoms with Crippen LogP contribution in [0.3, 0.4) is 0 Å². The van der Waals surface area contributed by atoms with Crippen molar-refractivity contribution in [2.75, 3.05) is 0 Å². The standard InChI is InChI=1S/C13H15ClF2N4O/c1-13(2,17)11-7-20(19-18-11)6-8-5-9(14)3-4-10(8)21-12(15)16/h3-5,7,12H,6,17H2,1-2H3. The van der Waals surface area contributed by atoms with E-state index in [1.807, 2.05) is 0 Å². The van der Waals surface area contributed by atoms with Gasteiger partial charge in [0, 0.05) is 10.6 Å². The highest BCUT2D eigenvalue weighted by molar-refractivity contribution is 6.30. The van der Waals surface area contributed by atoms with E-state index in [4.69, 9.17) is 17.3 Å². The normalized spacial score (nSPS) is 12.0. The summed E-state index contributed by atoms with van der Waals surface area (Å²) in [6.07, 6.45) is 1.66. The van der Waals surface area contributed by atoms with Crippen molar-refractivity contribution in [2.24, 2.45) is 5.73 Å². The summed E-state index contributed by atoms with van der Waals surface area (Å²) >= 11 is 5.89. The molecule has 0 spiro atoms. The highest BCUT2D eigenvalue weighted by Gasteiger charge is 2.19. The van der Waals surface area contributed by atoms with Gasteiger partial charge in [0.1, 0.15) is 11.4 Å². The summed E-state index contributed by atoms with van der Waals surface area (Å²) in [5.74, 6) is 0.0541. The maximum absolute atomic E-state index is 12.4. The minimum Gasteiger partial charge on any atom is -0.434 e. The van der Waals surface area contributed by atoms with Gasteiger partial charge in [0.2, 0.25) is 0 Å². The van der Waals surface area contributed by atoms with Crippen LogP contribution in [0.1, 0.15) is 25.1 Å². The summed E-state index contributed by atoms with van der Waals surface area (Å²) in [6, 6.07) is 4.43. The zero-order valence-corrected chi connectivity index (χ0v) is 12.3. The van der Waals surface area contributed by atoms with E-state index in [0.29, 0.717) is 16.3 Å². The second-order valence-electron chi connectivity index (χ2n) is 5.15. The molecule has 0 fully saturated rings. The number of alkyl halides is 2. The summed E-state index contributed by atoms with van der Waals surface area (Å²) < 4.78 is 30.7. The molecule has 1 aromatic carbocycles. The molecule has 1 heterocycles. The van der Waals surface area contributed by atoms with E-state index in [2.05, 4.69) is 15.0 Å². The molecule has 0 aliphatic rings. The van der Waals surface area contributed by atoms with Gasteiger partial charge in [-0.1, -0.05) is 16.8 Å². The Morgan fingerprint density at radius 1 is 1.43 bits per heavy atom. The van der Waals surface area contributed by atoms with Gasteiger partial charge in [-0.15, -0.1) is 5.10 Å². The van der Waals surface area contributed by atoms with Gasteiger partial charge >= 0.3 is 6.61 Å². The third-order valence-corrected chi connectivity index (χ3v) is 3.00. The van der Waals surface area contributed by atoms with Crippen molar-refractivity contribution < 1.29 is 13.5 Å². The average molecular weight is 317 g/mol. The molecule has 0 amide bonds. The van der Waals surface area contributed by atoms with Gasteiger partial charge in [-0.2, -0.15) is 8.78 Å². The SMILES string of the molecule is CC(C)(N)c1cn(Cc2cc(Cl)ccc2OC(F)F)nn1. The van der Waals surface area contributed by atoms with E-state index in [1.54, 1.807) is 26.1 Å². The first kappa shape index (κ1) is 15.7. The first-order chi connectivity index (χ1) is 9.75. The number of halogens is 3. The molecule has 0 saturated carbocycles.